The Balaban J connectivity index is 1.36. The molecule has 5 heterocycles. The van der Waals surface area contributed by atoms with Crippen LogP contribution < -0.4 is 14.5 Å². The Kier molecular flexibility index (Phi) is 8.09. The van der Waals surface area contributed by atoms with Gasteiger partial charge in [-0.15, -0.1) is 0 Å². The Morgan fingerprint density at radius 2 is 2.05 bits per heavy atom. The quantitative estimate of drug-likeness (QED) is 0.405. The second-order valence-corrected chi connectivity index (χ2v) is 11.9. The second kappa shape index (κ2) is 12.0. The number of fused-ring (bicyclic) bond motifs is 2. The van der Waals surface area contributed by atoms with Gasteiger partial charge in [0.1, 0.15) is 12.4 Å². The summed E-state index contributed by atoms with van der Waals surface area (Å²) in [6.45, 7) is 7.92. The molecule has 3 aliphatic rings. The minimum absolute atomic E-state index is 0.00518. The number of aromatic nitrogens is 3. The van der Waals surface area contributed by atoms with Crippen LogP contribution in [0.1, 0.15) is 36.2 Å². The van der Waals surface area contributed by atoms with Crippen LogP contribution in [0, 0.1) is 18.3 Å². The van der Waals surface area contributed by atoms with Crippen LogP contribution in [0.25, 0.3) is 10.8 Å². The van der Waals surface area contributed by atoms with Gasteiger partial charge in [0.2, 0.25) is 0 Å². The third-order valence-electron chi connectivity index (χ3n) is 9.05. The number of hydrogen-bond acceptors (Lipinski definition) is 10. The molecule has 0 radical (unpaired) electrons. The van der Waals surface area contributed by atoms with Gasteiger partial charge in [0, 0.05) is 48.2 Å². The summed E-state index contributed by atoms with van der Waals surface area (Å²) < 4.78 is 20.1. The summed E-state index contributed by atoms with van der Waals surface area (Å²) in [7, 11) is 2.08. The summed E-state index contributed by atoms with van der Waals surface area (Å²) >= 11 is 0. The van der Waals surface area contributed by atoms with Crippen LogP contribution in [0.15, 0.2) is 42.9 Å². The lowest BCUT2D eigenvalue weighted by molar-refractivity contribution is -0.158. The first-order valence-corrected chi connectivity index (χ1v) is 15.0. The molecule has 2 aromatic heterocycles. The van der Waals surface area contributed by atoms with E-state index in [9.17, 15) is 19.6 Å². The van der Waals surface area contributed by atoms with Crippen molar-refractivity contribution in [3.05, 3.63) is 59.8 Å². The molecule has 0 bridgehead atoms. The van der Waals surface area contributed by atoms with Gasteiger partial charge in [-0.25, -0.2) is 4.39 Å². The van der Waals surface area contributed by atoms with E-state index in [1.165, 1.54) is 0 Å². The standard InChI is InChI=1S/C32H37FN8O3/c1-21(33)30(42)41-16-15-40(20-32(41,43)11-12-34)29-26-10-14-39(28-22(2)35-17-23-7-4-5-9-25(23)28)18-27(26)36-31(37-29)44-19-24-8-6-13-38(24)3/h4-5,7,9,17,24,43H,1,6,8,10-11,13-16,18-20H2,2-3H3/t24-,32-/m0/s1. The first-order chi connectivity index (χ1) is 21.2. The fourth-order valence-corrected chi connectivity index (χ4v) is 6.71. The number of ether oxygens (including phenoxy) is 1. The van der Waals surface area contributed by atoms with Crippen molar-refractivity contribution in [1.82, 2.24) is 24.8 Å². The van der Waals surface area contributed by atoms with Crippen molar-refractivity contribution in [1.29, 1.82) is 5.26 Å². The van der Waals surface area contributed by atoms with E-state index in [-0.39, 0.29) is 31.7 Å². The normalized spacial score (nSPS) is 22.2. The van der Waals surface area contributed by atoms with E-state index in [1.807, 2.05) is 36.2 Å². The molecular weight excluding hydrogens is 563 g/mol. The molecule has 1 aromatic carbocycles. The zero-order valence-electron chi connectivity index (χ0n) is 25.2. The van der Waals surface area contributed by atoms with E-state index >= 15 is 0 Å². The van der Waals surface area contributed by atoms with E-state index in [1.54, 1.807) is 0 Å². The molecule has 2 fully saturated rings. The van der Waals surface area contributed by atoms with Crippen molar-refractivity contribution in [2.75, 3.05) is 56.2 Å². The fraction of sp³-hybridized carbons (Fsp3) is 0.469. The summed E-state index contributed by atoms with van der Waals surface area (Å²) in [4.78, 5) is 34.4. The lowest BCUT2D eigenvalue weighted by Crippen LogP contribution is -2.64. The number of halogens is 1. The lowest BCUT2D eigenvalue weighted by atomic mass is 10.00. The molecule has 0 unspecified atom stereocenters. The maximum atomic E-state index is 13.9. The second-order valence-electron chi connectivity index (χ2n) is 11.9. The zero-order valence-corrected chi connectivity index (χ0v) is 25.2. The number of amides is 1. The van der Waals surface area contributed by atoms with Crippen molar-refractivity contribution < 1.29 is 19.0 Å². The van der Waals surface area contributed by atoms with E-state index in [0.29, 0.717) is 31.9 Å². The summed E-state index contributed by atoms with van der Waals surface area (Å²) in [5.74, 6) is -1.61. The Morgan fingerprint density at radius 1 is 1.23 bits per heavy atom. The third-order valence-corrected chi connectivity index (χ3v) is 9.05. The Hall–Kier alpha value is -4.34. The Labute approximate surface area is 256 Å². The van der Waals surface area contributed by atoms with E-state index < -0.39 is 23.9 Å². The number of pyridine rings is 1. The molecule has 11 nitrogen and oxygen atoms in total. The highest BCUT2D eigenvalue weighted by atomic mass is 19.1. The van der Waals surface area contributed by atoms with Gasteiger partial charge in [-0.1, -0.05) is 30.8 Å². The van der Waals surface area contributed by atoms with Crippen molar-refractivity contribution in [2.45, 2.75) is 50.9 Å². The molecule has 3 aliphatic heterocycles. The summed E-state index contributed by atoms with van der Waals surface area (Å²) in [6.07, 6.45) is 4.26. The number of piperazine rings is 1. The fourth-order valence-electron chi connectivity index (χ4n) is 6.71. The summed E-state index contributed by atoms with van der Waals surface area (Å²) in [5.41, 5.74) is 1.80. The molecule has 0 saturated carbocycles. The summed E-state index contributed by atoms with van der Waals surface area (Å²) in [6, 6.07) is 10.7. The number of likely N-dealkylation sites (N-methyl/N-ethyl adjacent to an activating group) is 1. The molecule has 3 aromatic rings. The number of anilines is 2. The largest absolute Gasteiger partial charge is 0.462 e. The molecule has 44 heavy (non-hydrogen) atoms. The van der Waals surface area contributed by atoms with Crippen LogP contribution >= 0.6 is 0 Å². The van der Waals surface area contributed by atoms with Crippen LogP contribution in [0.3, 0.4) is 0 Å². The molecule has 0 spiro atoms. The number of rotatable bonds is 7. The number of nitriles is 1. The number of aliphatic hydroxyl groups is 1. The van der Waals surface area contributed by atoms with Crippen LogP contribution in [0.5, 0.6) is 6.01 Å². The molecule has 2 atom stereocenters. The van der Waals surface area contributed by atoms with Crippen molar-refractivity contribution in [3.63, 3.8) is 0 Å². The predicted octanol–water partition coefficient (Wildman–Crippen LogP) is 3.10. The number of hydrogen-bond donors (Lipinski definition) is 1. The number of nitrogens with zero attached hydrogens (tertiary/aromatic N) is 8. The van der Waals surface area contributed by atoms with Gasteiger partial charge in [0.15, 0.2) is 11.6 Å². The van der Waals surface area contributed by atoms with Crippen LogP contribution in [-0.2, 0) is 17.8 Å². The predicted molar refractivity (Wildman–Crippen MR) is 164 cm³/mol. The van der Waals surface area contributed by atoms with E-state index in [2.05, 4.69) is 40.5 Å². The van der Waals surface area contributed by atoms with Crippen LogP contribution in [0.2, 0.25) is 0 Å². The first kappa shape index (κ1) is 29.7. The Bertz CT molecular complexity index is 1640. The van der Waals surface area contributed by atoms with E-state index in [0.717, 1.165) is 57.7 Å². The van der Waals surface area contributed by atoms with Gasteiger partial charge in [0.25, 0.3) is 5.91 Å². The van der Waals surface area contributed by atoms with Gasteiger partial charge in [-0.3, -0.25) is 9.78 Å². The SMILES string of the molecule is C=C(F)C(=O)N1CCN(c2nc(OC[C@@H]3CCCN3C)nc3c2CCN(c2c(C)ncc4ccccc24)C3)C[C@@]1(O)CC#N. The van der Waals surface area contributed by atoms with Gasteiger partial charge >= 0.3 is 6.01 Å². The monoisotopic (exact) mass is 600 g/mol. The average molecular weight is 601 g/mol. The highest BCUT2D eigenvalue weighted by Crippen LogP contribution is 2.37. The molecular formula is C32H37FN8O3. The van der Waals surface area contributed by atoms with Gasteiger partial charge in [0.05, 0.1) is 42.7 Å². The average Bonchev–Trinajstić information content (AvgIpc) is 3.43. The number of carbonyl (C=O) groups excluding carboxylic acids is 1. The number of carbonyl (C=O) groups is 1. The number of aryl methyl sites for hydroxylation is 1. The van der Waals surface area contributed by atoms with Gasteiger partial charge < -0.3 is 29.4 Å². The lowest BCUT2D eigenvalue weighted by Gasteiger charge is -2.47. The summed E-state index contributed by atoms with van der Waals surface area (Å²) in [5, 5.41) is 23.2. The first-order valence-electron chi connectivity index (χ1n) is 15.0. The highest BCUT2D eigenvalue weighted by molar-refractivity contribution is 5.95. The van der Waals surface area contributed by atoms with Gasteiger partial charge in [-0.2, -0.15) is 15.2 Å². The topological polar surface area (TPSA) is 122 Å². The number of β-amino-alcohol motifs (C(OH)–C–C–N with tert-alkyl or cyclic N) is 1. The molecule has 6 rings (SSSR count). The van der Waals surface area contributed by atoms with Gasteiger partial charge in [-0.05, 0) is 39.8 Å². The number of likely N-dealkylation sites (tertiary alicyclic amines) is 1. The Morgan fingerprint density at radius 3 is 2.80 bits per heavy atom. The van der Waals surface area contributed by atoms with Crippen molar-refractivity contribution in [3.8, 4) is 12.1 Å². The minimum Gasteiger partial charge on any atom is -0.462 e. The molecule has 2 saturated heterocycles. The van der Waals surface area contributed by atoms with Crippen LogP contribution in [-0.4, -0.2) is 93.9 Å². The molecule has 230 valence electrons. The smallest absolute Gasteiger partial charge is 0.318 e. The number of benzene rings is 1. The molecule has 1 amide bonds. The molecule has 12 heteroatoms. The minimum atomic E-state index is -1.92. The zero-order chi connectivity index (χ0) is 31.0. The third kappa shape index (κ3) is 5.53. The van der Waals surface area contributed by atoms with Crippen molar-refractivity contribution >= 4 is 28.2 Å². The van der Waals surface area contributed by atoms with E-state index in [4.69, 9.17) is 14.7 Å². The molecule has 1 N–H and O–H groups in total. The van der Waals surface area contributed by atoms with Crippen LogP contribution in [0.4, 0.5) is 15.9 Å². The maximum absolute atomic E-state index is 13.9. The highest BCUT2D eigenvalue weighted by Gasteiger charge is 2.45. The van der Waals surface area contributed by atoms with Crippen molar-refractivity contribution in [2.24, 2.45) is 0 Å². The molecule has 0 aliphatic carbocycles. The maximum Gasteiger partial charge on any atom is 0.318 e.